The second-order valence-electron chi connectivity index (χ2n) is 7.21. The molecule has 0 fully saturated rings. The molecule has 0 saturated heterocycles. The van der Waals surface area contributed by atoms with Crippen molar-refractivity contribution in [3.8, 4) is 5.75 Å². The fourth-order valence-electron chi connectivity index (χ4n) is 2.87. The Balaban J connectivity index is 2.33. The minimum atomic E-state index is -3.69. The molecule has 1 heterocycles. The molecule has 0 aliphatic heterocycles. The summed E-state index contributed by atoms with van der Waals surface area (Å²) in [7, 11) is -2.07. The summed E-state index contributed by atoms with van der Waals surface area (Å²) < 4.78 is 39.8. The van der Waals surface area contributed by atoms with Gasteiger partial charge in [-0.1, -0.05) is 27.6 Å². The van der Waals surface area contributed by atoms with Crippen LogP contribution in [-0.4, -0.2) is 47.9 Å². The Bertz CT molecular complexity index is 895. The number of aryl methyl sites for hydroxylation is 1. The SMILES string of the molecule is C[B]PN(Cc1ccc(OC)cc1)S(=O)(=O)[C@@H](C)[C@@H](OC(C)C)c1cnc(C)cn1. The van der Waals surface area contributed by atoms with E-state index in [1.165, 1.54) is 4.08 Å². The molecule has 1 aromatic carbocycles. The molecule has 1 aromatic heterocycles. The number of ether oxygens (including phenoxy) is 2. The van der Waals surface area contributed by atoms with Crippen LogP contribution in [0.3, 0.4) is 0 Å². The molecule has 0 amide bonds. The number of sulfonamides is 1. The van der Waals surface area contributed by atoms with Crippen molar-refractivity contribution in [2.75, 3.05) is 7.11 Å². The third kappa shape index (κ3) is 6.48. The van der Waals surface area contributed by atoms with Crippen molar-refractivity contribution >= 4 is 25.6 Å². The van der Waals surface area contributed by atoms with Crippen molar-refractivity contribution in [2.24, 2.45) is 0 Å². The Morgan fingerprint density at radius 1 is 1.13 bits per heavy atom. The number of aromatic nitrogens is 2. The van der Waals surface area contributed by atoms with Gasteiger partial charge in [-0.3, -0.25) is 9.97 Å². The molecule has 0 bridgehead atoms. The van der Waals surface area contributed by atoms with E-state index in [0.717, 1.165) is 17.0 Å². The highest BCUT2D eigenvalue weighted by Crippen LogP contribution is 2.33. The molecule has 0 aliphatic carbocycles. The van der Waals surface area contributed by atoms with E-state index in [2.05, 4.69) is 9.97 Å². The lowest BCUT2D eigenvalue weighted by Crippen LogP contribution is -2.37. The smallest absolute Gasteiger partial charge is 0.222 e. The van der Waals surface area contributed by atoms with Crippen LogP contribution < -0.4 is 4.74 Å². The largest absolute Gasteiger partial charge is 0.497 e. The maximum Gasteiger partial charge on any atom is 0.222 e. The second kappa shape index (κ2) is 11.2. The maximum absolute atomic E-state index is 13.6. The molecule has 1 unspecified atom stereocenters. The predicted octanol–water partition coefficient (Wildman–Crippen LogP) is 3.74. The molecular formula is C20H30BN3O4PS. The molecule has 0 saturated carbocycles. The monoisotopic (exact) mass is 450 g/mol. The summed E-state index contributed by atoms with van der Waals surface area (Å²) in [6.45, 7) is 11.3. The fraction of sp³-hybridized carbons (Fsp3) is 0.500. The van der Waals surface area contributed by atoms with Crippen molar-refractivity contribution in [2.45, 2.75) is 58.5 Å². The molecular weight excluding hydrogens is 420 g/mol. The van der Waals surface area contributed by atoms with Gasteiger partial charge in [0.2, 0.25) is 10.0 Å². The van der Waals surface area contributed by atoms with Crippen LogP contribution >= 0.6 is 8.61 Å². The van der Waals surface area contributed by atoms with Crippen molar-refractivity contribution in [1.29, 1.82) is 0 Å². The number of nitrogens with zero attached hydrogens (tertiary/aromatic N) is 3. The van der Waals surface area contributed by atoms with Crippen LogP contribution in [0, 0.1) is 6.92 Å². The van der Waals surface area contributed by atoms with Crippen molar-refractivity contribution < 1.29 is 17.9 Å². The molecule has 30 heavy (non-hydrogen) atoms. The molecule has 2 rings (SSSR count). The lowest BCUT2D eigenvalue weighted by molar-refractivity contribution is 0.00338. The fourth-order valence-corrected chi connectivity index (χ4v) is 6.08. The molecule has 7 nitrogen and oxygen atoms in total. The van der Waals surface area contributed by atoms with E-state index in [1.54, 1.807) is 26.4 Å². The van der Waals surface area contributed by atoms with E-state index in [4.69, 9.17) is 9.47 Å². The minimum absolute atomic E-state index is 0.0151. The Kier molecular flexibility index (Phi) is 9.22. The normalized spacial score (nSPS) is 14.4. The first-order chi connectivity index (χ1) is 14.2. The van der Waals surface area contributed by atoms with Crippen molar-refractivity contribution in [3.63, 3.8) is 0 Å². The molecule has 3 atom stereocenters. The van der Waals surface area contributed by atoms with Gasteiger partial charge in [-0.05, 0) is 45.4 Å². The topological polar surface area (TPSA) is 81.6 Å². The van der Waals surface area contributed by atoms with E-state index in [-0.39, 0.29) is 21.3 Å². The summed E-state index contributed by atoms with van der Waals surface area (Å²) in [4.78, 5) is 8.65. The van der Waals surface area contributed by atoms with Crippen LogP contribution in [0.4, 0.5) is 0 Å². The maximum atomic E-state index is 13.6. The van der Waals surface area contributed by atoms with Crippen LogP contribution in [0.15, 0.2) is 36.7 Å². The van der Waals surface area contributed by atoms with Gasteiger partial charge in [-0.2, -0.15) is 4.08 Å². The molecule has 163 valence electrons. The van der Waals surface area contributed by atoms with Crippen LogP contribution in [0.2, 0.25) is 6.82 Å². The van der Waals surface area contributed by atoms with E-state index in [0.29, 0.717) is 5.69 Å². The summed E-state index contributed by atoms with van der Waals surface area (Å²) in [6.07, 6.45) is 2.34. The zero-order valence-corrected chi connectivity index (χ0v) is 20.2. The first kappa shape index (κ1) is 24.7. The minimum Gasteiger partial charge on any atom is -0.497 e. The first-order valence-corrected chi connectivity index (χ1v) is 12.3. The number of benzene rings is 1. The van der Waals surface area contributed by atoms with Crippen LogP contribution in [0.1, 0.15) is 43.8 Å². The highest BCUT2D eigenvalue weighted by molar-refractivity contribution is 7.96. The molecule has 0 spiro atoms. The van der Waals surface area contributed by atoms with Gasteiger partial charge in [-0.25, -0.2) is 8.42 Å². The van der Waals surface area contributed by atoms with Crippen LogP contribution in [-0.2, 0) is 21.3 Å². The summed E-state index contributed by atoms with van der Waals surface area (Å²) >= 11 is 0. The van der Waals surface area contributed by atoms with Gasteiger partial charge >= 0.3 is 0 Å². The highest BCUT2D eigenvalue weighted by atomic mass is 32.2. The average Bonchev–Trinajstić information content (AvgIpc) is 2.72. The number of rotatable bonds is 11. The van der Waals surface area contributed by atoms with E-state index in [1.807, 2.05) is 58.9 Å². The second-order valence-corrected chi connectivity index (χ2v) is 11.1. The highest BCUT2D eigenvalue weighted by Gasteiger charge is 2.37. The first-order valence-electron chi connectivity index (χ1n) is 9.81. The predicted molar refractivity (Wildman–Crippen MR) is 123 cm³/mol. The van der Waals surface area contributed by atoms with Gasteiger partial charge in [0.1, 0.15) is 17.1 Å². The van der Waals surface area contributed by atoms with Gasteiger partial charge in [0.15, 0.2) is 7.00 Å². The zero-order chi connectivity index (χ0) is 22.3. The van der Waals surface area contributed by atoms with Gasteiger partial charge in [0, 0.05) is 12.7 Å². The van der Waals surface area contributed by atoms with Crippen molar-refractivity contribution in [3.05, 3.63) is 53.6 Å². The summed E-state index contributed by atoms with van der Waals surface area (Å²) in [5.74, 6) is 0.731. The molecule has 2 aromatic rings. The van der Waals surface area contributed by atoms with Crippen molar-refractivity contribution in [1.82, 2.24) is 14.0 Å². The Hall–Kier alpha value is -1.54. The van der Waals surface area contributed by atoms with Gasteiger partial charge < -0.3 is 9.47 Å². The third-order valence-electron chi connectivity index (χ3n) is 4.47. The van der Waals surface area contributed by atoms with Gasteiger partial charge in [0.25, 0.3) is 0 Å². The Morgan fingerprint density at radius 3 is 2.30 bits per heavy atom. The standard InChI is InChI=1S/C20H30BN3O4PS/c1-14(2)28-20(19-12-22-15(3)11-23-19)16(4)30(25,26)24(29-21-5)13-17-7-9-18(27-6)10-8-17/h7-12,14,16,20,29H,13H2,1-6H3/t16-,20+/m0/s1. The third-order valence-corrected chi connectivity index (χ3v) is 8.19. The summed E-state index contributed by atoms with van der Waals surface area (Å²) in [5.41, 5.74) is 2.16. The number of hydrogen-bond donors (Lipinski definition) is 0. The van der Waals surface area contributed by atoms with Gasteiger partial charge in [-0.15, -0.1) is 0 Å². The molecule has 10 heteroatoms. The van der Waals surface area contributed by atoms with E-state index >= 15 is 0 Å². The molecule has 0 aliphatic rings. The quantitative estimate of drug-likeness (QED) is 0.383. The Labute approximate surface area is 182 Å². The zero-order valence-electron chi connectivity index (χ0n) is 18.4. The summed E-state index contributed by atoms with van der Waals surface area (Å²) in [6, 6.07) is 7.41. The number of hydrogen-bond acceptors (Lipinski definition) is 6. The molecule has 1 radical (unpaired) electrons. The van der Waals surface area contributed by atoms with Crippen LogP contribution in [0.25, 0.3) is 0 Å². The van der Waals surface area contributed by atoms with E-state index < -0.39 is 21.4 Å². The van der Waals surface area contributed by atoms with E-state index in [9.17, 15) is 8.42 Å². The average molecular weight is 450 g/mol. The Morgan fingerprint density at radius 2 is 1.80 bits per heavy atom. The lowest BCUT2D eigenvalue weighted by Gasteiger charge is -2.31. The molecule has 0 N–H and O–H groups in total. The van der Waals surface area contributed by atoms with Crippen LogP contribution in [0.5, 0.6) is 5.75 Å². The summed E-state index contributed by atoms with van der Waals surface area (Å²) in [5, 5.41) is -0.831. The lowest BCUT2D eigenvalue weighted by atomic mass is 10.2. The number of methoxy groups -OCH3 is 1. The van der Waals surface area contributed by atoms with Gasteiger partial charge in [0.05, 0.1) is 30.8 Å².